The zero-order valence-electron chi connectivity index (χ0n) is 14.7. The van der Waals surface area contributed by atoms with Crippen LogP contribution in [-0.2, 0) is 16.4 Å². The van der Waals surface area contributed by atoms with Crippen molar-refractivity contribution in [2.75, 3.05) is 22.9 Å². The SMILES string of the molecule is CS(=O)(=O)N1CCc2cc(C(=O)NC3CCSc4c(F)cccc43)ccc21. The molecule has 1 N–H and O–H groups in total. The summed E-state index contributed by atoms with van der Waals surface area (Å²) < 4.78 is 39.0. The topological polar surface area (TPSA) is 66.5 Å². The van der Waals surface area contributed by atoms with Crippen molar-refractivity contribution in [3.05, 3.63) is 58.9 Å². The number of nitrogens with one attached hydrogen (secondary N) is 1. The quantitative estimate of drug-likeness (QED) is 0.851. The molecule has 2 heterocycles. The maximum absolute atomic E-state index is 14.0. The Morgan fingerprint density at radius 2 is 2.11 bits per heavy atom. The second kappa shape index (κ2) is 6.83. The van der Waals surface area contributed by atoms with Gasteiger partial charge in [0, 0.05) is 22.8 Å². The van der Waals surface area contributed by atoms with E-state index in [-0.39, 0.29) is 17.8 Å². The third-order valence-corrected chi connectivity index (χ3v) is 7.27. The van der Waals surface area contributed by atoms with Crippen molar-refractivity contribution < 1.29 is 17.6 Å². The highest BCUT2D eigenvalue weighted by Crippen LogP contribution is 2.38. The minimum absolute atomic E-state index is 0.231. The molecule has 0 fully saturated rings. The van der Waals surface area contributed by atoms with Gasteiger partial charge in [0.25, 0.3) is 5.91 Å². The number of rotatable bonds is 3. The number of anilines is 1. The summed E-state index contributed by atoms with van der Waals surface area (Å²) in [5.74, 6) is 0.254. The molecule has 1 atom stereocenters. The lowest BCUT2D eigenvalue weighted by Crippen LogP contribution is -2.31. The summed E-state index contributed by atoms with van der Waals surface area (Å²) in [7, 11) is -3.31. The number of hydrogen-bond acceptors (Lipinski definition) is 4. The van der Waals surface area contributed by atoms with Crippen LogP contribution >= 0.6 is 11.8 Å². The number of carbonyl (C=O) groups is 1. The molecule has 4 rings (SSSR count). The first kappa shape index (κ1) is 18.3. The number of nitrogens with zero attached hydrogens (tertiary/aromatic N) is 1. The van der Waals surface area contributed by atoms with Gasteiger partial charge in [-0.25, -0.2) is 12.8 Å². The fourth-order valence-electron chi connectivity index (χ4n) is 3.64. The number of thioether (sulfide) groups is 1. The standard InChI is InChI=1S/C19H19FN2O3S2/c1-27(24,25)22-9-7-12-11-13(5-6-17(12)22)19(23)21-16-8-10-26-18-14(16)3-2-4-15(18)20/h2-6,11,16H,7-10H2,1H3,(H,21,23). The van der Waals surface area contributed by atoms with Crippen molar-refractivity contribution in [1.29, 1.82) is 0 Å². The summed E-state index contributed by atoms with van der Waals surface area (Å²) in [6.45, 7) is 0.395. The summed E-state index contributed by atoms with van der Waals surface area (Å²) >= 11 is 1.47. The van der Waals surface area contributed by atoms with Crippen molar-refractivity contribution in [3.63, 3.8) is 0 Å². The Morgan fingerprint density at radius 3 is 2.89 bits per heavy atom. The average molecular weight is 407 g/mol. The van der Waals surface area contributed by atoms with Gasteiger partial charge in [-0.2, -0.15) is 0 Å². The first-order valence-electron chi connectivity index (χ1n) is 8.67. The summed E-state index contributed by atoms with van der Waals surface area (Å²) in [5.41, 5.74) is 2.78. The molecular weight excluding hydrogens is 387 g/mol. The first-order valence-corrected chi connectivity index (χ1v) is 11.5. The van der Waals surface area contributed by atoms with E-state index in [2.05, 4.69) is 5.32 Å². The monoisotopic (exact) mass is 406 g/mol. The number of halogens is 1. The number of benzene rings is 2. The molecule has 2 aliphatic rings. The minimum atomic E-state index is -3.31. The van der Waals surface area contributed by atoms with E-state index in [0.717, 1.165) is 23.3 Å². The van der Waals surface area contributed by atoms with Gasteiger partial charge in [0.2, 0.25) is 10.0 Å². The first-order chi connectivity index (χ1) is 12.8. The van der Waals surface area contributed by atoms with Gasteiger partial charge in [0.1, 0.15) is 5.82 Å². The lowest BCUT2D eigenvalue weighted by molar-refractivity contribution is 0.0934. The van der Waals surface area contributed by atoms with Crippen LogP contribution < -0.4 is 9.62 Å². The predicted octanol–water partition coefficient (Wildman–Crippen LogP) is 3.11. The van der Waals surface area contributed by atoms with Gasteiger partial charge >= 0.3 is 0 Å². The molecule has 0 radical (unpaired) electrons. The zero-order valence-corrected chi connectivity index (χ0v) is 16.4. The lowest BCUT2D eigenvalue weighted by Gasteiger charge is -2.26. The molecule has 0 saturated carbocycles. The van der Waals surface area contributed by atoms with Crippen LogP contribution in [0.2, 0.25) is 0 Å². The molecule has 142 valence electrons. The predicted molar refractivity (Wildman–Crippen MR) is 104 cm³/mol. The number of hydrogen-bond donors (Lipinski definition) is 1. The number of amides is 1. The number of carbonyl (C=O) groups excluding carboxylic acids is 1. The van der Waals surface area contributed by atoms with E-state index in [1.807, 2.05) is 6.07 Å². The highest BCUT2D eigenvalue weighted by molar-refractivity contribution is 7.99. The summed E-state index contributed by atoms with van der Waals surface area (Å²) in [6, 6.07) is 9.79. The second-order valence-electron chi connectivity index (χ2n) is 6.75. The van der Waals surface area contributed by atoms with Gasteiger partial charge in [-0.1, -0.05) is 12.1 Å². The largest absolute Gasteiger partial charge is 0.345 e. The van der Waals surface area contributed by atoms with Crippen LogP contribution in [0.4, 0.5) is 10.1 Å². The van der Waals surface area contributed by atoms with Crippen LogP contribution in [0.1, 0.15) is 33.9 Å². The molecule has 0 spiro atoms. The van der Waals surface area contributed by atoms with Crippen LogP contribution in [-0.4, -0.2) is 32.9 Å². The lowest BCUT2D eigenvalue weighted by atomic mass is 10.0. The third kappa shape index (κ3) is 3.43. The molecule has 1 amide bonds. The van der Waals surface area contributed by atoms with Gasteiger partial charge in [-0.05, 0) is 48.2 Å². The van der Waals surface area contributed by atoms with Crippen LogP contribution in [0.25, 0.3) is 0 Å². The minimum Gasteiger partial charge on any atom is -0.345 e. The fraction of sp³-hybridized carbons (Fsp3) is 0.316. The number of sulfonamides is 1. The molecule has 0 aromatic heterocycles. The van der Waals surface area contributed by atoms with Crippen LogP contribution in [0.15, 0.2) is 41.3 Å². The molecule has 8 heteroatoms. The van der Waals surface area contributed by atoms with Crippen molar-refractivity contribution in [1.82, 2.24) is 5.32 Å². The van der Waals surface area contributed by atoms with E-state index in [4.69, 9.17) is 0 Å². The van der Waals surface area contributed by atoms with Gasteiger partial charge in [-0.15, -0.1) is 11.8 Å². The van der Waals surface area contributed by atoms with E-state index in [9.17, 15) is 17.6 Å². The molecule has 5 nitrogen and oxygen atoms in total. The molecule has 2 aromatic rings. The fourth-order valence-corrected chi connectivity index (χ4v) is 5.73. The Kier molecular flexibility index (Phi) is 4.63. The van der Waals surface area contributed by atoms with E-state index in [0.29, 0.717) is 29.1 Å². The van der Waals surface area contributed by atoms with Crippen LogP contribution in [0.3, 0.4) is 0 Å². The van der Waals surface area contributed by atoms with E-state index >= 15 is 0 Å². The van der Waals surface area contributed by atoms with Crippen LogP contribution in [0, 0.1) is 5.82 Å². The van der Waals surface area contributed by atoms with Crippen molar-refractivity contribution in [2.24, 2.45) is 0 Å². The van der Waals surface area contributed by atoms with E-state index in [1.165, 1.54) is 28.4 Å². The maximum Gasteiger partial charge on any atom is 0.251 e. The Bertz CT molecular complexity index is 1020. The van der Waals surface area contributed by atoms with Crippen molar-refractivity contribution >= 4 is 33.4 Å². The maximum atomic E-state index is 14.0. The van der Waals surface area contributed by atoms with E-state index < -0.39 is 10.0 Å². The van der Waals surface area contributed by atoms with Gasteiger partial charge < -0.3 is 5.32 Å². The second-order valence-corrected chi connectivity index (χ2v) is 9.76. The molecule has 0 aliphatic carbocycles. The van der Waals surface area contributed by atoms with E-state index in [1.54, 1.807) is 24.3 Å². The third-order valence-electron chi connectivity index (χ3n) is 4.93. The molecule has 1 unspecified atom stereocenters. The number of fused-ring (bicyclic) bond motifs is 2. The normalized spacial score (nSPS) is 18.7. The van der Waals surface area contributed by atoms with Crippen molar-refractivity contribution in [2.45, 2.75) is 23.8 Å². The summed E-state index contributed by atoms with van der Waals surface area (Å²) in [5, 5.41) is 3.00. The molecule has 2 aromatic carbocycles. The zero-order chi connectivity index (χ0) is 19.2. The van der Waals surface area contributed by atoms with Crippen molar-refractivity contribution in [3.8, 4) is 0 Å². The Balaban J connectivity index is 1.57. The average Bonchev–Trinajstić information content (AvgIpc) is 3.06. The van der Waals surface area contributed by atoms with Crippen LogP contribution in [0.5, 0.6) is 0 Å². The Morgan fingerprint density at radius 1 is 1.30 bits per heavy atom. The summed E-state index contributed by atoms with van der Waals surface area (Å²) in [6.07, 6.45) is 2.50. The highest BCUT2D eigenvalue weighted by atomic mass is 32.2. The molecule has 0 saturated heterocycles. The Labute approximate surface area is 162 Å². The molecule has 2 aliphatic heterocycles. The van der Waals surface area contributed by atoms with Gasteiger partial charge in [0.15, 0.2) is 0 Å². The molecule has 0 bridgehead atoms. The summed E-state index contributed by atoms with van der Waals surface area (Å²) in [4.78, 5) is 13.3. The van der Waals surface area contributed by atoms with Gasteiger partial charge in [-0.3, -0.25) is 9.10 Å². The Hall–Kier alpha value is -2.06. The smallest absolute Gasteiger partial charge is 0.251 e. The molecular formula is C19H19FN2O3S2. The molecule has 27 heavy (non-hydrogen) atoms. The van der Waals surface area contributed by atoms with Gasteiger partial charge in [0.05, 0.1) is 18.0 Å². The highest BCUT2D eigenvalue weighted by Gasteiger charge is 2.28.